The number of hydrogen-bond acceptors (Lipinski definition) is 4. The van der Waals surface area contributed by atoms with Gasteiger partial charge in [-0.05, 0) is 24.3 Å². The van der Waals surface area contributed by atoms with Crippen molar-refractivity contribution in [3.8, 4) is 5.75 Å². The maximum absolute atomic E-state index is 5.64. The minimum atomic E-state index is 0.309. The van der Waals surface area contributed by atoms with E-state index in [4.69, 9.17) is 56.7 Å². The van der Waals surface area contributed by atoms with E-state index < -0.39 is 0 Å². The Morgan fingerprint density at radius 3 is 1.95 bits per heavy atom. The Morgan fingerprint density at radius 2 is 1.45 bits per heavy atom. The van der Waals surface area contributed by atoms with E-state index >= 15 is 0 Å². The van der Waals surface area contributed by atoms with Gasteiger partial charge in [0.2, 0.25) is 0 Å². The number of benzene rings is 2. The van der Waals surface area contributed by atoms with E-state index in [1.54, 1.807) is 37.4 Å². The van der Waals surface area contributed by atoms with Crippen LogP contribution in [0.2, 0.25) is 15.1 Å². The zero-order valence-electron chi connectivity index (χ0n) is 10.7. The normalized spacial score (nSPS) is 9.60. The first-order valence-corrected chi connectivity index (χ1v) is 6.58. The SMILES string of the molecule is COc1cc(N)ccc1N.Nc1ccc(Cl)c(Cl)c1Cl. The van der Waals surface area contributed by atoms with Crippen molar-refractivity contribution in [2.75, 3.05) is 24.3 Å². The fourth-order valence-electron chi connectivity index (χ4n) is 1.27. The Hall–Kier alpha value is -1.49. The second-order valence-corrected chi connectivity index (χ2v) is 4.93. The van der Waals surface area contributed by atoms with Gasteiger partial charge in [0.25, 0.3) is 0 Å². The smallest absolute Gasteiger partial charge is 0.143 e. The first-order valence-electron chi connectivity index (χ1n) is 5.44. The summed E-state index contributed by atoms with van der Waals surface area (Å²) in [4.78, 5) is 0. The van der Waals surface area contributed by atoms with Gasteiger partial charge in [0.05, 0.1) is 33.6 Å². The van der Waals surface area contributed by atoms with Crippen molar-refractivity contribution in [2.24, 2.45) is 0 Å². The van der Waals surface area contributed by atoms with Gasteiger partial charge < -0.3 is 21.9 Å². The Labute approximate surface area is 132 Å². The van der Waals surface area contributed by atoms with Crippen LogP contribution in [0.15, 0.2) is 30.3 Å². The summed E-state index contributed by atoms with van der Waals surface area (Å²) in [7, 11) is 1.56. The first kappa shape index (κ1) is 16.6. The number of rotatable bonds is 1. The molecule has 4 nitrogen and oxygen atoms in total. The highest BCUT2D eigenvalue weighted by Crippen LogP contribution is 2.33. The molecule has 2 aromatic carbocycles. The summed E-state index contributed by atoms with van der Waals surface area (Å²) in [5, 5.41) is 1.04. The van der Waals surface area contributed by atoms with Crippen LogP contribution in [0.5, 0.6) is 5.75 Å². The molecule has 0 bridgehead atoms. The lowest BCUT2D eigenvalue weighted by Crippen LogP contribution is -1.93. The summed E-state index contributed by atoms with van der Waals surface area (Å²) in [6.07, 6.45) is 0. The minimum absolute atomic E-state index is 0.309. The standard InChI is InChI=1S/C7H10N2O.C6H4Cl3N/c1-10-7-4-5(8)2-3-6(7)9;7-3-1-2-4(10)6(9)5(3)8/h2-4H,8-9H2,1H3;1-2H,10H2. The predicted molar refractivity (Wildman–Crippen MR) is 87.7 cm³/mol. The summed E-state index contributed by atoms with van der Waals surface area (Å²) in [5.41, 5.74) is 18.1. The lowest BCUT2D eigenvalue weighted by molar-refractivity contribution is 0.417. The number of nitrogen functional groups attached to an aromatic ring is 3. The quantitative estimate of drug-likeness (QED) is 0.541. The molecular formula is C13H14Cl3N3O. The largest absolute Gasteiger partial charge is 0.495 e. The highest BCUT2D eigenvalue weighted by molar-refractivity contribution is 6.49. The maximum Gasteiger partial charge on any atom is 0.143 e. The highest BCUT2D eigenvalue weighted by atomic mass is 35.5. The summed E-state index contributed by atoms with van der Waals surface area (Å²) in [6, 6.07) is 8.35. The van der Waals surface area contributed by atoms with Crippen molar-refractivity contribution >= 4 is 51.9 Å². The fraction of sp³-hybridized carbons (Fsp3) is 0.0769. The first-order chi connectivity index (χ1) is 9.36. The molecule has 0 aromatic heterocycles. The molecule has 0 spiro atoms. The molecule has 0 heterocycles. The molecule has 0 saturated carbocycles. The molecule has 0 radical (unpaired) electrons. The molecule has 0 amide bonds. The molecule has 0 aliphatic heterocycles. The molecular weight excluding hydrogens is 321 g/mol. The van der Waals surface area contributed by atoms with Gasteiger partial charge in [-0.2, -0.15) is 0 Å². The second-order valence-electron chi connectivity index (χ2n) is 3.77. The average Bonchev–Trinajstić information content (AvgIpc) is 2.44. The van der Waals surface area contributed by atoms with Crippen molar-refractivity contribution in [3.05, 3.63) is 45.4 Å². The number of halogens is 3. The molecule has 0 fully saturated rings. The van der Waals surface area contributed by atoms with Crippen LogP contribution in [0.3, 0.4) is 0 Å². The van der Waals surface area contributed by atoms with Gasteiger partial charge >= 0.3 is 0 Å². The van der Waals surface area contributed by atoms with Crippen molar-refractivity contribution in [3.63, 3.8) is 0 Å². The predicted octanol–water partition coefficient (Wildman–Crippen LogP) is 4.09. The van der Waals surface area contributed by atoms with E-state index in [2.05, 4.69) is 0 Å². The maximum atomic E-state index is 5.64. The van der Waals surface area contributed by atoms with Crippen molar-refractivity contribution in [1.29, 1.82) is 0 Å². The van der Waals surface area contributed by atoms with Crippen LogP contribution in [-0.4, -0.2) is 7.11 Å². The number of ether oxygens (including phenoxy) is 1. The molecule has 108 valence electrons. The van der Waals surface area contributed by atoms with Crippen LogP contribution in [0.4, 0.5) is 17.1 Å². The van der Waals surface area contributed by atoms with Gasteiger partial charge in [-0.15, -0.1) is 0 Å². The van der Waals surface area contributed by atoms with E-state index in [1.165, 1.54) is 0 Å². The van der Waals surface area contributed by atoms with E-state index in [-0.39, 0.29) is 0 Å². The highest BCUT2D eigenvalue weighted by Gasteiger charge is 2.04. The molecule has 20 heavy (non-hydrogen) atoms. The van der Waals surface area contributed by atoms with Crippen LogP contribution in [0, 0.1) is 0 Å². The van der Waals surface area contributed by atoms with Crippen LogP contribution >= 0.6 is 34.8 Å². The second kappa shape index (κ2) is 7.33. The number of anilines is 3. The lowest BCUT2D eigenvalue weighted by Gasteiger charge is -2.03. The van der Waals surface area contributed by atoms with Crippen molar-refractivity contribution < 1.29 is 4.74 Å². The molecule has 2 rings (SSSR count). The van der Waals surface area contributed by atoms with Gasteiger partial charge in [-0.1, -0.05) is 34.8 Å². The van der Waals surface area contributed by atoms with Crippen LogP contribution in [0.25, 0.3) is 0 Å². The Kier molecular flexibility index (Phi) is 6.07. The zero-order chi connectivity index (χ0) is 15.3. The lowest BCUT2D eigenvalue weighted by atomic mass is 10.3. The third kappa shape index (κ3) is 4.27. The third-order valence-electron chi connectivity index (χ3n) is 2.32. The number of methoxy groups -OCH3 is 1. The van der Waals surface area contributed by atoms with Crippen LogP contribution in [-0.2, 0) is 0 Å². The van der Waals surface area contributed by atoms with Gasteiger partial charge in [-0.3, -0.25) is 0 Å². The van der Waals surface area contributed by atoms with Gasteiger partial charge in [0.15, 0.2) is 0 Å². The van der Waals surface area contributed by atoms with E-state index in [9.17, 15) is 0 Å². The number of hydrogen-bond donors (Lipinski definition) is 3. The molecule has 0 saturated heterocycles. The Balaban J connectivity index is 0.000000200. The zero-order valence-corrected chi connectivity index (χ0v) is 12.9. The average molecular weight is 335 g/mol. The monoisotopic (exact) mass is 333 g/mol. The Morgan fingerprint density at radius 1 is 0.850 bits per heavy atom. The molecule has 0 aliphatic rings. The summed E-state index contributed by atoms with van der Waals surface area (Å²) >= 11 is 16.9. The van der Waals surface area contributed by atoms with E-state index in [1.807, 2.05) is 0 Å². The van der Waals surface area contributed by atoms with Crippen LogP contribution < -0.4 is 21.9 Å². The topological polar surface area (TPSA) is 87.3 Å². The molecule has 6 N–H and O–H groups in total. The van der Waals surface area contributed by atoms with Gasteiger partial charge in [-0.25, -0.2) is 0 Å². The molecule has 0 aliphatic carbocycles. The van der Waals surface area contributed by atoms with Crippen molar-refractivity contribution in [1.82, 2.24) is 0 Å². The summed E-state index contributed by atoms with van der Waals surface area (Å²) < 4.78 is 4.92. The Bertz CT molecular complexity index is 579. The van der Waals surface area contributed by atoms with Gasteiger partial charge in [0, 0.05) is 11.8 Å². The summed E-state index contributed by atoms with van der Waals surface area (Å²) in [6.45, 7) is 0. The fourth-order valence-corrected chi connectivity index (χ4v) is 1.81. The third-order valence-corrected chi connectivity index (χ3v) is 3.63. The molecule has 7 heteroatoms. The van der Waals surface area contributed by atoms with E-state index in [0.717, 1.165) is 0 Å². The molecule has 0 atom stereocenters. The van der Waals surface area contributed by atoms with Crippen LogP contribution in [0.1, 0.15) is 0 Å². The summed E-state index contributed by atoms with van der Waals surface area (Å²) in [5.74, 6) is 0.625. The van der Waals surface area contributed by atoms with E-state index in [0.29, 0.717) is 37.9 Å². The minimum Gasteiger partial charge on any atom is -0.495 e. The molecule has 0 unspecified atom stereocenters. The van der Waals surface area contributed by atoms with Gasteiger partial charge in [0.1, 0.15) is 5.75 Å². The number of nitrogens with two attached hydrogens (primary N) is 3. The van der Waals surface area contributed by atoms with Crippen molar-refractivity contribution in [2.45, 2.75) is 0 Å². The molecule has 2 aromatic rings.